The number of anilines is 1. The Bertz CT molecular complexity index is 1010. The zero-order chi connectivity index (χ0) is 19.6. The van der Waals surface area contributed by atoms with Crippen molar-refractivity contribution in [3.63, 3.8) is 0 Å². The van der Waals surface area contributed by atoms with Crippen LogP contribution in [0.5, 0.6) is 5.75 Å². The van der Waals surface area contributed by atoms with Gasteiger partial charge in [-0.15, -0.1) is 0 Å². The van der Waals surface area contributed by atoms with Crippen LogP contribution in [0.3, 0.4) is 0 Å². The van der Waals surface area contributed by atoms with Crippen molar-refractivity contribution in [3.05, 3.63) is 70.7 Å². The quantitative estimate of drug-likeness (QED) is 0.546. The van der Waals surface area contributed by atoms with Crippen LogP contribution < -0.4 is 10.6 Å². The summed E-state index contributed by atoms with van der Waals surface area (Å²) in [5, 5.41) is 15.8. The highest BCUT2D eigenvalue weighted by molar-refractivity contribution is 6.31. The molecular formula is C19H14ClF3N2O2. The van der Waals surface area contributed by atoms with Gasteiger partial charge in [0.25, 0.3) is 0 Å². The maximum absolute atomic E-state index is 12.9. The van der Waals surface area contributed by atoms with Crippen LogP contribution in [0.25, 0.3) is 10.8 Å². The van der Waals surface area contributed by atoms with Gasteiger partial charge >= 0.3 is 12.2 Å². The number of phenolic OH excluding ortho intramolecular Hbond substituents is 1. The molecule has 0 aromatic heterocycles. The predicted molar refractivity (Wildman–Crippen MR) is 97.9 cm³/mol. The van der Waals surface area contributed by atoms with Gasteiger partial charge in [0.15, 0.2) is 0 Å². The summed E-state index contributed by atoms with van der Waals surface area (Å²) in [5.74, 6) is 0.0537. The molecule has 4 nitrogen and oxygen atoms in total. The summed E-state index contributed by atoms with van der Waals surface area (Å²) >= 11 is 5.58. The van der Waals surface area contributed by atoms with Gasteiger partial charge in [0.1, 0.15) is 5.75 Å². The van der Waals surface area contributed by atoms with Crippen LogP contribution in [0.4, 0.5) is 23.7 Å². The lowest BCUT2D eigenvalue weighted by molar-refractivity contribution is -0.137. The van der Waals surface area contributed by atoms with E-state index >= 15 is 0 Å². The molecule has 0 saturated carbocycles. The monoisotopic (exact) mass is 394 g/mol. The number of halogens is 4. The number of carbonyl (C=O) groups is 1. The summed E-state index contributed by atoms with van der Waals surface area (Å²) in [7, 11) is 0. The number of rotatable bonds is 3. The summed E-state index contributed by atoms with van der Waals surface area (Å²) < 4.78 is 38.7. The van der Waals surface area contributed by atoms with Crippen LogP contribution in [0.1, 0.15) is 11.1 Å². The SMILES string of the molecule is O=C(NCc1ccc(Cl)c(C(F)(F)F)c1)Nc1cccc2ccc(O)cc12. The number of hydrogen-bond acceptors (Lipinski definition) is 2. The smallest absolute Gasteiger partial charge is 0.417 e. The largest absolute Gasteiger partial charge is 0.508 e. The molecule has 0 aliphatic heterocycles. The van der Waals surface area contributed by atoms with Crippen LogP contribution in [0, 0.1) is 0 Å². The van der Waals surface area contributed by atoms with Gasteiger partial charge in [0, 0.05) is 11.9 Å². The second-order valence-electron chi connectivity index (χ2n) is 5.83. The Morgan fingerprint density at radius 3 is 2.59 bits per heavy atom. The van der Waals surface area contributed by atoms with E-state index in [4.69, 9.17) is 11.6 Å². The van der Waals surface area contributed by atoms with Gasteiger partial charge in [-0.25, -0.2) is 4.79 Å². The van der Waals surface area contributed by atoms with E-state index in [1.54, 1.807) is 18.2 Å². The van der Waals surface area contributed by atoms with Gasteiger partial charge < -0.3 is 15.7 Å². The maximum atomic E-state index is 12.9. The van der Waals surface area contributed by atoms with Crippen LogP contribution in [-0.2, 0) is 12.7 Å². The number of phenols is 1. The lowest BCUT2D eigenvalue weighted by Crippen LogP contribution is -2.28. The van der Waals surface area contributed by atoms with E-state index in [0.717, 1.165) is 17.5 Å². The van der Waals surface area contributed by atoms with Gasteiger partial charge in [-0.3, -0.25) is 0 Å². The van der Waals surface area contributed by atoms with Crippen molar-refractivity contribution in [2.75, 3.05) is 5.32 Å². The molecule has 27 heavy (non-hydrogen) atoms. The Morgan fingerprint density at radius 1 is 1.07 bits per heavy atom. The molecule has 0 bridgehead atoms. The van der Waals surface area contributed by atoms with Gasteiger partial charge in [0.2, 0.25) is 0 Å². The summed E-state index contributed by atoms with van der Waals surface area (Å²) in [5.41, 5.74) is -0.223. The molecule has 0 saturated heterocycles. The summed E-state index contributed by atoms with van der Waals surface area (Å²) in [6.07, 6.45) is -4.57. The van der Waals surface area contributed by atoms with E-state index in [0.29, 0.717) is 11.1 Å². The Morgan fingerprint density at radius 2 is 1.85 bits per heavy atom. The standard InChI is InChI=1S/C19H14ClF3N2O2/c20-16-7-4-11(8-15(16)19(21,22)23)10-24-18(27)25-17-3-1-2-12-5-6-13(26)9-14(12)17/h1-9,26H,10H2,(H2,24,25,27). The second-order valence-corrected chi connectivity index (χ2v) is 6.24. The number of fused-ring (bicyclic) bond motifs is 1. The Balaban J connectivity index is 1.72. The van der Waals surface area contributed by atoms with Crippen molar-refractivity contribution in [1.29, 1.82) is 0 Å². The number of urea groups is 1. The number of hydrogen-bond donors (Lipinski definition) is 3. The van der Waals surface area contributed by atoms with E-state index < -0.39 is 22.8 Å². The Hall–Kier alpha value is -2.93. The first-order chi connectivity index (χ1) is 12.7. The molecule has 0 aliphatic rings. The van der Waals surface area contributed by atoms with Crippen molar-refractivity contribution >= 4 is 34.1 Å². The number of benzene rings is 3. The van der Waals surface area contributed by atoms with Crippen LogP contribution in [0.2, 0.25) is 5.02 Å². The highest BCUT2D eigenvalue weighted by Gasteiger charge is 2.33. The first-order valence-corrected chi connectivity index (χ1v) is 8.24. The summed E-state index contributed by atoms with van der Waals surface area (Å²) in [6, 6.07) is 12.8. The highest BCUT2D eigenvalue weighted by Crippen LogP contribution is 2.35. The molecule has 140 valence electrons. The molecule has 0 spiro atoms. The third-order valence-electron chi connectivity index (χ3n) is 3.90. The summed E-state index contributed by atoms with van der Waals surface area (Å²) in [6.45, 7) is -0.109. The van der Waals surface area contributed by atoms with E-state index in [9.17, 15) is 23.1 Å². The van der Waals surface area contributed by atoms with Gasteiger partial charge in [-0.2, -0.15) is 13.2 Å². The minimum absolute atomic E-state index is 0.0537. The average molecular weight is 395 g/mol. The third kappa shape index (κ3) is 4.43. The fraction of sp³-hybridized carbons (Fsp3) is 0.105. The van der Waals surface area contributed by atoms with Gasteiger partial charge in [-0.05, 0) is 41.3 Å². The fourth-order valence-electron chi connectivity index (χ4n) is 2.62. The zero-order valence-electron chi connectivity index (χ0n) is 13.8. The lowest BCUT2D eigenvalue weighted by Gasteiger charge is -2.13. The molecule has 2 amide bonds. The molecule has 0 fully saturated rings. The van der Waals surface area contributed by atoms with Crippen LogP contribution in [0.15, 0.2) is 54.6 Å². The number of aromatic hydroxyl groups is 1. The highest BCUT2D eigenvalue weighted by atomic mass is 35.5. The molecule has 0 aliphatic carbocycles. The molecule has 0 atom stereocenters. The van der Waals surface area contributed by atoms with Crippen molar-refractivity contribution in [3.8, 4) is 5.75 Å². The minimum Gasteiger partial charge on any atom is -0.508 e. The first kappa shape index (κ1) is 18.8. The van der Waals surface area contributed by atoms with E-state index in [1.165, 1.54) is 18.2 Å². The third-order valence-corrected chi connectivity index (χ3v) is 4.23. The van der Waals surface area contributed by atoms with Crippen molar-refractivity contribution < 1.29 is 23.1 Å². The topological polar surface area (TPSA) is 61.4 Å². The van der Waals surface area contributed by atoms with Gasteiger partial charge in [-0.1, -0.05) is 35.9 Å². The molecule has 3 aromatic carbocycles. The van der Waals surface area contributed by atoms with E-state index in [1.807, 2.05) is 6.07 Å². The number of nitrogens with one attached hydrogen (secondary N) is 2. The molecule has 3 aromatic rings. The molecule has 0 radical (unpaired) electrons. The molecule has 3 N–H and O–H groups in total. The zero-order valence-corrected chi connectivity index (χ0v) is 14.5. The number of carbonyl (C=O) groups excluding carboxylic acids is 1. The average Bonchev–Trinajstić information content (AvgIpc) is 2.60. The molecule has 0 heterocycles. The molecule has 8 heteroatoms. The van der Waals surface area contributed by atoms with Crippen molar-refractivity contribution in [2.24, 2.45) is 0 Å². The van der Waals surface area contributed by atoms with E-state index in [2.05, 4.69) is 10.6 Å². The van der Waals surface area contributed by atoms with Crippen LogP contribution in [-0.4, -0.2) is 11.1 Å². The first-order valence-electron chi connectivity index (χ1n) is 7.86. The molecule has 3 rings (SSSR count). The normalized spacial score (nSPS) is 11.4. The second kappa shape index (κ2) is 7.36. The van der Waals surface area contributed by atoms with Crippen molar-refractivity contribution in [2.45, 2.75) is 12.7 Å². The lowest BCUT2D eigenvalue weighted by atomic mass is 10.1. The van der Waals surface area contributed by atoms with Crippen LogP contribution >= 0.6 is 11.6 Å². The number of alkyl halides is 3. The van der Waals surface area contributed by atoms with Gasteiger partial charge in [0.05, 0.1) is 16.3 Å². The van der Waals surface area contributed by atoms with E-state index in [-0.39, 0.29) is 17.9 Å². The Kier molecular flexibility index (Phi) is 5.14. The van der Waals surface area contributed by atoms with Crippen molar-refractivity contribution in [1.82, 2.24) is 5.32 Å². The maximum Gasteiger partial charge on any atom is 0.417 e. The fourth-order valence-corrected chi connectivity index (χ4v) is 2.84. The molecular weight excluding hydrogens is 381 g/mol. The number of amides is 2. The molecule has 0 unspecified atom stereocenters. The summed E-state index contributed by atoms with van der Waals surface area (Å²) in [4.78, 5) is 12.1. The predicted octanol–water partition coefficient (Wildman–Crippen LogP) is 5.54. The Labute approximate surface area is 157 Å². The minimum atomic E-state index is -4.57.